The first kappa shape index (κ1) is 12.2. The number of hydrogen-bond acceptors (Lipinski definition) is 0. The molecule has 0 N–H and O–H groups in total. The second kappa shape index (κ2) is 7.81. The van der Waals surface area contributed by atoms with Gasteiger partial charge in [0.05, 0.1) is 0 Å². The minimum Gasteiger partial charge on any atom is -0.0991 e. The molecule has 0 aromatic carbocycles. The van der Waals surface area contributed by atoms with Gasteiger partial charge in [-0.1, -0.05) is 74.9 Å². The molecule has 0 spiro atoms. The first-order valence-electron chi connectivity index (χ1n) is 4.37. The van der Waals surface area contributed by atoms with E-state index in [0.29, 0.717) is 0 Å². The van der Waals surface area contributed by atoms with Crippen molar-refractivity contribution in [2.45, 2.75) is 0 Å². The monoisotopic (exact) mass is 184 g/mol. The van der Waals surface area contributed by atoms with E-state index < -0.39 is 0 Å². The zero-order valence-corrected chi connectivity index (χ0v) is 8.45. The van der Waals surface area contributed by atoms with Gasteiger partial charge in [-0.3, -0.25) is 0 Å². The lowest BCUT2D eigenvalue weighted by molar-refractivity contribution is 1.57. The molecule has 0 amide bonds. The van der Waals surface area contributed by atoms with E-state index >= 15 is 0 Å². The van der Waals surface area contributed by atoms with Crippen molar-refractivity contribution in [1.82, 2.24) is 0 Å². The molecule has 0 aromatic heterocycles. The maximum Gasteiger partial charge on any atom is -0.0190 e. The standard InChI is InChI=1S/C14H16/c1-5-9-11-13(7-3)14(8-4)12-10-6-2/h5-12H,1-4H2/b11-9-,12-10-,14-13+. The van der Waals surface area contributed by atoms with Gasteiger partial charge in [-0.05, 0) is 11.1 Å². The predicted molar refractivity (Wildman–Crippen MR) is 66.1 cm³/mol. The SMILES string of the molecule is C=C\C=C/C(C=C)=C(C=C)/C=C\C=C. The van der Waals surface area contributed by atoms with Crippen LogP contribution in [0.4, 0.5) is 0 Å². The van der Waals surface area contributed by atoms with Crippen molar-refractivity contribution in [2.75, 3.05) is 0 Å². The highest BCUT2D eigenvalue weighted by molar-refractivity contribution is 5.46. The summed E-state index contributed by atoms with van der Waals surface area (Å²) in [4.78, 5) is 0. The molecule has 0 bridgehead atoms. The van der Waals surface area contributed by atoms with Crippen LogP contribution in [0.5, 0.6) is 0 Å². The van der Waals surface area contributed by atoms with E-state index in [4.69, 9.17) is 0 Å². The Labute approximate surface area is 86.7 Å². The first-order chi connectivity index (χ1) is 6.79. The summed E-state index contributed by atoms with van der Waals surface area (Å²) in [7, 11) is 0. The van der Waals surface area contributed by atoms with Crippen LogP contribution < -0.4 is 0 Å². The van der Waals surface area contributed by atoms with Crippen molar-refractivity contribution in [3.05, 3.63) is 86.1 Å². The third-order valence-corrected chi connectivity index (χ3v) is 1.60. The summed E-state index contributed by atoms with van der Waals surface area (Å²) >= 11 is 0. The van der Waals surface area contributed by atoms with Gasteiger partial charge in [0, 0.05) is 0 Å². The highest BCUT2D eigenvalue weighted by Gasteiger charge is 1.91. The summed E-state index contributed by atoms with van der Waals surface area (Å²) in [5.74, 6) is 0. The van der Waals surface area contributed by atoms with Crippen LogP contribution in [-0.4, -0.2) is 0 Å². The Bertz CT molecular complexity index is 277. The Kier molecular flexibility index (Phi) is 6.79. The van der Waals surface area contributed by atoms with Gasteiger partial charge in [-0.25, -0.2) is 0 Å². The molecular weight excluding hydrogens is 168 g/mol. The first-order valence-corrected chi connectivity index (χ1v) is 4.37. The molecule has 0 aliphatic rings. The maximum atomic E-state index is 3.74. The summed E-state index contributed by atoms with van der Waals surface area (Å²) in [5.41, 5.74) is 2.02. The Morgan fingerprint density at radius 3 is 1.21 bits per heavy atom. The van der Waals surface area contributed by atoms with Gasteiger partial charge in [-0.2, -0.15) is 0 Å². The van der Waals surface area contributed by atoms with Gasteiger partial charge in [0.1, 0.15) is 0 Å². The van der Waals surface area contributed by atoms with E-state index in [2.05, 4.69) is 26.3 Å². The van der Waals surface area contributed by atoms with Gasteiger partial charge < -0.3 is 0 Å². The zero-order chi connectivity index (χ0) is 10.8. The minimum atomic E-state index is 1.01. The van der Waals surface area contributed by atoms with Gasteiger partial charge in [-0.15, -0.1) is 0 Å². The van der Waals surface area contributed by atoms with Crippen LogP contribution in [0.2, 0.25) is 0 Å². The largest absolute Gasteiger partial charge is 0.0991 e. The molecule has 0 nitrogen and oxygen atoms in total. The Balaban J connectivity index is 5.09. The topological polar surface area (TPSA) is 0 Å². The van der Waals surface area contributed by atoms with Crippen molar-refractivity contribution in [3.8, 4) is 0 Å². The van der Waals surface area contributed by atoms with Crippen LogP contribution >= 0.6 is 0 Å². The van der Waals surface area contributed by atoms with Crippen molar-refractivity contribution in [1.29, 1.82) is 0 Å². The average molecular weight is 184 g/mol. The van der Waals surface area contributed by atoms with Crippen LogP contribution in [0, 0.1) is 0 Å². The molecule has 0 unspecified atom stereocenters. The van der Waals surface area contributed by atoms with Gasteiger partial charge in [0.2, 0.25) is 0 Å². The van der Waals surface area contributed by atoms with E-state index in [0.717, 1.165) is 11.1 Å². The molecule has 0 saturated heterocycles. The third-order valence-electron chi connectivity index (χ3n) is 1.60. The molecule has 0 aromatic rings. The predicted octanol–water partition coefficient (Wildman–Crippen LogP) is 4.14. The molecule has 0 atom stereocenters. The van der Waals surface area contributed by atoms with Crippen LogP contribution in [-0.2, 0) is 0 Å². The molecule has 0 saturated carbocycles. The molecule has 14 heavy (non-hydrogen) atoms. The zero-order valence-electron chi connectivity index (χ0n) is 8.45. The number of allylic oxidation sites excluding steroid dienone is 10. The molecule has 0 aliphatic heterocycles. The Hall–Kier alpha value is -1.82. The maximum absolute atomic E-state index is 3.74. The van der Waals surface area contributed by atoms with Crippen molar-refractivity contribution < 1.29 is 0 Å². The lowest BCUT2D eigenvalue weighted by Gasteiger charge is -1.98. The summed E-state index contributed by atoms with van der Waals surface area (Å²) in [6.45, 7) is 14.7. The molecule has 0 heteroatoms. The molecule has 0 heterocycles. The van der Waals surface area contributed by atoms with Crippen molar-refractivity contribution in [2.24, 2.45) is 0 Å². The van der Waals surface area contributed by atoms with E-state index in [1.54, 1.807) is 24.3 Å². The van der Waals surface area contributed by atoms with Gasteiger partial charge >= 0.3 is 0 Å². The normalized spacial score (nSPS) is 12.6. The van der Waals surface area contributed by atoms with E-state index in [1.165, 1.54) is 0 Å². The van der Waals surface area contributed by atoms with Crippen LogP contribution in [0.3, 0.4) is 0 Å². The average Bonchev–Trinajstić information content (AvgIpc) is 2.23. The molecule has 0 rings (SSSR count). The van der Waals surface area contributed by atoms with Gasteiger partial charge in [0.25, 0.3) is 0 Å². The second-order valence-corrected chi connectivity index (χ2v) is 2.51. The fourth-order valence-electron chi connectivity index (χ4n) is 0.908. The van der Waals surface area contributed by atoms with Crippen molar-refractivity contribution >= 4 is 0 Å². The smallest absolute Gasteiger partial charge is 0.0190 e. The highest BCUT2D eigenvalue weighted by Crippen LogP contribution is 2.10. The van der Waals surface area contributed by atoms with E-state index in [1.807, 2.05) is 24.3 Å². The van der Waals surface area contributed by atoms with E-state index in [-0.39, 0.29) is 0 Å². The fraction of sp³-hybridized carbons (Fsp3) is 0. The third kappa shape index (κ3) is 4.27. The summed E-state index contributed by atoms with van der Waals surface area (Å²) in [6.07, 6.45) is 14.6. The summed E-state index contributed by atoms with van der Waals surface area (Å²) < 4.78 is 0. The number of hydrogen-bond donors (Lipinski definition) is 0. The highest BCUT2D eigenvalue weighted by atomic mass is 14.0. The quantitative estimate of drug-likeness (QED) is 0.544. The second-order valence-electron chi connectivity index (χ2n) is 2.51. The van der Waals surface area contributed by atoms with Gasteiger partial charge in [0.15, 0.2) is 0 Å². The van der Waals surface area contributed by atoms with Crippen LogP contribution in [0.15, 0.2) is 86.1 Å². The fourth-order valence-corrected chi connectivity index (χ4v) is 0.908. The molecular formula is C14H16. The Morgan fingerprint density at radius 2 is 1.00 bits per heavy atom. The molecule has 0 aliphatic carbocycles. The number of rotatable bonds is 6. The molecule has 0 fully saturated rings. The summed E-state index contributed by atoms with van der Waals surface area (Å²) in [6, 6.07) is 0. The van der Waals surface area contributed by atoms with E-state index in [9.17, 15) is 0 Å². The van der Waals surface area contributed by atoms with Crippen LogP contribution in [0.1, 0.15) is 0 Å². The van der Waals surface area contributed by atoms with Crippen LogP contribution in [0.25, 0.3) is 0 Å². The Morgan fingerprint density at radius 1 is 0.643 bits per heavy atom. The summed E-state index contributed by atoms with van der Waals surface area (Å²) in [5, 5.41) is 0. The lowest BCUT2D eigenvalue weighted by atomic mass is 10.1. The minimum absolute atomic E-state index is 1.01. The van der Waals surface area contributed by atoms with Crippen molar-refractivity contribution in [3.63, 3.8) is 0 Å². The lowest BCUT2D eigenvalue weighted by Crippen LogP contribution is -1.78. The molecule has 72 valence electrons. The molecule has 0 radical (unpaired) electrons.